The summed E-state index contributed by atoms with van der Waals surface area (Å²) in [5, 5.41) is 9.33. The monoisotopic (exact) mass is 208 g/mol. The van der Waals surface area contributed by atoms with Crippen LogP contribution >= 0.6 is 0 Å². The van der Waals surface area contributed by atoms with Gasteiger partial charge in [0.15, 0.2) is 0 Å². The number of aliphatic hydroxyl groups excluding tert-OH is 1. The Kier molecular flexibility index (Phi) is 2.73. The van der Waals surface area contributed by atoms with E-state index in [0.717, 1.165) is 12.0 Å². The highest BCUT2D eigenvalue weighted by Gasteiger charge is 2.17. The highest BCUT2D eigenvalue weighted by Crippen LogP contribution is 2.31. The molecular weight excluding hydrogens is 195 g/mol. The number of halogens is 1. The highest BCUT2D eigenvalue weighted by atomic mass is 19.1. The van der Waals surface area contributed by atoms with Gasteiger partial charge in [0.25, 0.3) is 0 Å². The van der Waals surface area contributed by atoms with E-state index in [1.807, 2.05) is 0 Å². The van der Waals surface area contributed by atoms with Crippen molar-refractivity contribution in [2.24, 2.45) is 0 Å². The Hall–Kier alpha value is -1.35. The van der Waals surface area contributed by atoms with Crippen LogP contribution in [0.5, 0.6) is 5.75 Å². The molecule has 2 nitrogen and oxygen atoms in total. The smallest absolute Gasteiger partial charge is 0.134 e. The molecule has 1 atom stereocenters. The van der Waals surface area contributed by atoms with Crippen molar-refractivity contribution in [3.63, 3.8) is 0 Å². The van der Waals surface area contributed by atoms with Crippen molar-refractivity contribution in [1.29, 1.82) is 0 Å². The Labute approximate surface area is 88.0 Å². The maximum Gasteiger partial charge on any atom is 0.134 e. The standard InChI is InChI=1S/C12H13FO2/c1-15-10-4-5-11(12(13)7-10)8-2-3-9(14)6-8/h4-7,9,14H,2-3H2,1H3. The topological polar surface area (TPSA) is 29.5 Å². The molecule has 0 fully saturated rings. The van der Waals surface area contributed by atoms with E-state index in [2.05, 4.69) is 0 Å². The number of benzene rings is 1. The molecule has 0 aliphatic heterocycles. The van der Waals surface area contributed by atoms with E-state index in [1.165, 1.54) is 13.2 Å². The zero-order valence-corrected chi connectivity index (χ0v) is 8.53. The first-order chi connectivity index (χ1) is 7.20. The average molecular weight is 208 g/mol. The molecule has 0 aromatic heterocycles. The Morgan fingerprint density at radius 3 is 2.80 bits per heavy atom. The molecule has 0 radical (unpaired) electrons. The molecule has 0 saturated carbocycles. The summed E-state index contributed by atoms with van der Waals surface area (Å²) in [6.45, 7) is 0. The minimum atomic E-state index is -0.429. The van der Waals surface area contributed by atoms with Gasteiger partial charge >= 0.3 is 0 Å². The van der Waals surface area contributed by atoms with Crippen LogP contribution in [0.2, 0.25) is 0 Å². The van der Waals surface area contributed by atoms with Crippen LogP contribution in [0.25, 0.3) is 5.57 Å². The Morgan fingerprint density at radius 1 is 1.47 bits per heavy atom. The summed E-state index contributed by atoms with van der Waals surface area (Å²) in [4.78, 5) is 0. The molecule has 0 amide bonds. The van der Waals surface area contributed by atoms with Crippen molar-refractivity contribution in [2.45, 2.75) is 18.9 Å². The van der Waals surface area contributed by atoms with E-state index >= 15 is 0 Å². The minimum absolute atomic E-state index is 0.297. The average Bonchev–Trinajstić information content (AvgIpc) is 2.64. The third kappa shape index (κ3) is 2.02. The number of aliphatic hydroxyl groups is 1. The number of methoxy groups -OCH3 is 1. The number of rotatable bonds is 2. The molecule has 1 aliphatic rings. The van der Waals surface area contributed by atoms with Crippen LogP contribution in [0.4, 0.5) is 4.39 Å². The summed E-state index contributed by atoms with van der Waals surface area (Å²) in [5.41, 5.74) is 1.44. The molecule has 0 saturated heterocycles. The van der Waals surface area contributed by atoms with Crippen molar-refractivity contribution in [2.75, 3.05) is 7.11 Å². The predicted octanol–water partition coefficient (Wildman–Crippen LogP) is 2.37. The summed E-state index contributed by atoms with van der Waals surface area (Å²) in [5.74, 6) is 0.213. The highest BCUT2D eigenvalue weighted by molar-refractivity contribution is 5.68. The molecule has 1 aliphatic carbocycles. The van der Waals surface area contributed by atoms with Crippen molar-refractivity contribution < 1.29 is 14.2 Å². The lowest BCUT2D eigenvalue weighted by atomic mass is 10.0. The molecule has 1 aromatic rings. The molecular formula is C12H13FO2. The first-order valence-electron chi connectivity index (χ1n) is 4.93. The molecule has 15 heavy (non-hydrogen) atoms. The van der Waals surface area contributed by atoms with Crippen LogP contribution in [-0.4, -0.2) is 18.3 Å². The molecule has 3 heteroatoms. The second-order valence-electron chi connectivity index (χ2n) is 3.64. The van der Waals surface area contributed by atoms with Crippen LogP contribution in [0.15, 0.2) is 24.3 Å². The largest absolute Gasteiger partial charge is 0.497 e. The molecule has 80 valence electrons. The van der Waals surface area contributed by atoms with Gasteiger partial charge in [-0.1, -0.05) is 6.08 Å². The van der Waals surface area contributed by atoms with Gasteiger partial charge in [0.05, 0.1) is 13.2 Å². The molecule has 0 heterocycles. The van der Waals surface area contributed by atoms with E-state index < -0.39 is 6.10 Å². The first-order valence-corrected chi connectivity index (χ1v) is 4.93. The van der Waals surface area contributed by atoms with Gasteiger partial charge in [-0.25, -0.2) is 4.39 Å². The summed E-state index contributed by atoms with van der Waals surface area (Å²) in [6.07, 6.45) is 2.69. The number of allylic oxidation sites excluding steroid dienone is 1. The van der Waals surface area contributed by atoms with Gasteiger partial charge < -0.3 is 9.84 Å². The van der Waals surface area contributed by atoms with E-state index in [1.54, 1.807) is 18.2 Å². The fraction of sp³-hybridized carbons (Fsp3) is 0.333. The van der Waals surface area contributed by atoms with Gasteiger partial charge in [0.2, 0.25) is 0 Å². The van der Waals surface area contributed by atoms with Crippen LogP contribution < -0.4 is 4.74 Å². The second kappa shape index (κ2) is 4.03. The Bertz CT molecular complexity index is 399. The minimum Gasteiger partial charge on any atom is -0.497 e. The maximum atomic E-state index is 13.6. The second-order valence-corrected chi connectivity index (χ2v) is 3.64. The Morgan fingerprint density at radius 2 is 2.27 bits per heavy atom. The van der Waals surface area contributed by atoms with Crippen LogP contribution in [0, 0.1) is 5.82 Å². The van der Waals surface area contributed by atoms with Crippen LogP contribution in [0.3, 0.4) is 0 Å². The lowest BCUT2D eigenvalue weighted by Gasteiger charge is -2.05. The SMILES string of the molecule is COc1ccc(C2=CC(O)CC2)c(F)c1. The summed E-state index contributed by atoms with van der Waals surface area (Å²) in [7, 11) is 1.51. The lowest BCUT2D eigenvalue weighted by Crippen LogP contribution is -1.93. The van der Waals surface area contributed by atoms with E-state index in [4.69, 9.17) is 4.74 Å². The van der Waals surface area contributed by atoms with Crippen molar-refractivity contribution in [3.8, 4) is 5.75 Å². The van der Waals surface area contributed by atoms with E-state index in [-0.39, 0.29) is 5.82 Å². The molecule has 2 rings (SSSR count). The van der Waals surface area contributed by atoms with E-state index in [0.29, 0.717) is 17.7 Å². The summed E-state index contributed by atoms with van der Waals surface area (Å²) >= 11 is 0. The summed E-state index contributed by atoms with van der Waals surface area (Å²) < 4.78 is 18.5. The van der Waals surface area contributed by atoms with Gasteiger partial charge in [-0.15, -0.1) is 0 Å². The third-order valence-electron chi connectivity index (χ3n) is 2.63. The normalized spacial score (nSPS) is 20.2. The zero-order valence-electron chi connectivity index (χ0n) is 8.53. The molecule has 0 bridgehead atoms. The third-order valence-corrected chi connectivity index (χ3v) is 2.63. The number of ether oxygens (including phenoxy) is 1. The number of hydrogen-bond acceptors (Lipinski definition) is 2. The van der Waals surface area contributed by atoms with Crippen molar-refractivity contribution in [1.82, 2.24) is 0 Å². The maximum absolute atomic E-state index is 13.6. The lowest BCUT2D eigenvalue weighted by molar-refractivity contribution is 0.223. The fourth-order valence-corrected chi connectivity index (χ4v) is 1.81. The number of hydrogen-bond donors (Lipinski definition) is 1. The molecule has 1 aromatic carbocycles. The van der Waals surface area contributed by atoms with Crippen molar-refractivity contribution in [3.05, 3.63) is 35.7 Å². The van der Waals surface area contributed by atoms with Crippen molar-refractivity contribution >= 4 is 5.57 Å². The van der Waals surface area contributed by atoms with Gasteiger partial charge in [-0.05, 0) is 30.5 Å². The fourth-order valence-electron chi connectivity index (χ4n) is 1.81. The Balaban J connectivity index is 2.33. The first kappa shape index (κ1) is 10.2. The van der Waals surface area contributed by atoms with Gasteiger partial charge in [-0.3, -0.25) is 0 Å². The van der Waals surface area contributed by atoms with Gasteiger partial charge in [0.1, 0.15) is 11.6 Å². The van der Waals surface area contributed by atoms with Crippen LogP contribution in [-0.2, 0) is 0 Å². The molecule has 0 spiro atoms. The quantitative estimate of drug-likeness (QED) is 0.808. The molecule has 1 unspecified atom stereocenters. The van der Waals surface area contributed by atoms with Crippen LogP contribution in [0.1, 0.15) is 18.4 Å². The summed E-state index contributed by atoms with van der Waals surface area (Å²) in [6, 6.07) is 4.78. The molecule has 1 N–H and O–H groups in total. The zero-order chi connectivity index (χ0) is 10.8. The predicted molar refractivity (Wildman–Crippen MR) is 56.2 cm³/mol. The van der Waals surface area contributed by atoms with Gasteiger partial charge in [-0.2, -0.15) is 0 Å². The van der Waals surface area contributed by atoms with Gasteiger partial charge in [0, 0.05) is 11.6 Å². The van der Waals surface area contributed by atoms with E-state index in [9.17, 15) is 9.50 Å².